The molecule has 4 heteroatoms. The first-order valence-corrected chi connectivity index (χ1v) is 6.71. The lowest BCUT2D eigenvalue weighted by Crippen LogP contribution is -2.47. The zero-order chi connectivity index (χ0) is 13.0. The smallest absolute Gasteiger partial charge is 0.237 e. The van der Waals surface area contributed by atoms with E-state index in [4.69, 9.17) is 4.42 Å². The molecular formula is C14H22N2O2. The van der Waals surface area contributed by atoms with Crippen LogP contribution in [0.25, 0.3) is 0 Å². The number of hydrogen-bond acceptors (Lipinski definition) is 3. The molecule has 0 aromatic carbocycles. The summed E-state index contributed by atoms with van der Waals surface area (Å²) in [6, 6.07) is 3.65. The van der Waals surface area contributed by atoms with Gasteiger partial charge in [-0.1, -0.05) is 6.92 Å². The van der Waals surface area contributed by atoms with Gasteiger partial charge < -0.3 is 9.73 Å². The fourth-order valence-electron chi connectivity index (χ4n) is 2.32. The molecule has 1 saturated heterocycles. The average Bonchev–Trinajstić information content (AvgIpc) is 2.89. The van der Waals surface area contributed by atoms with Gasteiger partial charge in [0, 0.05) is 0 Å². The zero-order valence-electron chi connectivity index (χ0n) is 11.2. The third-order valence-corrected chi connectivity index (χ3v) is 3.76. The lowest BCUT2D eigenvalue weighted by atomic mass is 9.98. The highest BCUT2D eigenvalue weighted by molar-refractivity contribution is 5.81. The van der Waals surface area contributed by atoms with Crippen LogP contribution in [0, 0.1) is 5.92 Å². The van der Waals surface area contributed by atoms with Crippen molar-refractivity contribution >= 4 is 5.91 Å². The van der Waals surface area contributed by atoms with Gasteiger partial charge in [-0.2, -0.15) is 0 Å². The maximum atomic E-state index is 12.0. The van der Waals surface area contributed by atoms with Crippen molar-refractivity contribution in [3.63, 3.8) is 0 Å². The molecule has 0 aliphatic carbocycles. The Morgan fingerprint density at radius 2 is 2.28 bits per heavy atom. The number of likely N-dealkylation sites (tertiary alicyclic amines) is 1. The first kappa shape index (κ1) is 13.1. The summed E-state index contributed by atoms with van der Waals surface area (Å²) in [6.07, 6.45) is 4.00. The van der Waals surface area contributed by atoms with E-state index in [0.717, 1.165) is 24.8 Å². The lowest BCUT2D eigenvalue weighted by molar-refractivity contribution is -0.126. The number of rotatable bonds is 4. The highest BCUT2D eigenvalue weighted by atomic mass is 16.3. The maximum absolute atomic E-state index is 12.0. The molecule has 1 amide bonds. The van der Waals surface area contributed by atoms with Crippen LogP contribution in [0.5, 0.6) is 0 Å². The third-order valence-electron chi connectivity index (χ3n) is 3.76. The third kappa shape index (κ3) is 3.35. The van der Waals surface area contributed by atoms with Crippen LogP contribution in [0.3, 0.4) is 0 Å². The van der Waals surface area contributed by atoms with E-state index in [1.165, 1.54) is 12.8 Å². The Labute approximate surface area is 108 Å². The Bertz CT molecular complexity index is 367. The number of hydrogen-bond donors (Lipinski definition) is 1. The van der Waals surface area contributed by atoms with Crippen molar-refractivity contribution in [2.24, 2.45) is 5.92 Å². The number of furan rings is 1. The van der Waals surface area contributed by atoms with Crippen LogP contribution in [0.2, 0.25) is 0 Å². The van der Waals surface area contributed by atoms with Gasteiger partial charge in [0.05, 0.1) is 18.8 Å². The molecule has 1 aliphatic rings. The van der Waals surface area contributed by atoms with Gasteiger partial charge in [-0.05, 0) is 50.9 Å². The Morgan fingerprint density at radius 1 is 1.56 bits per heavy atom. The van der Waals surface area contributed by atoms with Gasteiger partial charge in [0.1, 0.15) is 5.76 Å². The van der Waals surface area contributed by atoms with Crippen molar-refractivity contribution in [2.75, 3.05) is 13.1 Å². The molecule has 1 atom stereocenters. The van der Waals surface area contributed by atoms with E-state index in [1.807, 2.05) is 19.1 Å². The number of amides is 1. The predicted octanol–water partition coefficient (Wildman–Crippen LogP) is 2.02. The average molecular weight is 250 g/mol. The molecule has 4 nitrogen and oxygen atoms in total. The largest absolute Gasteiger partial charge is 0.467 e. The molecule has 1 aromatic heterocycles. The minimum absolute atomic E-state index is 0.0486. The van der Waals surface area contributed by atoms with E-state index in [-0.39, 0.29) is 11.9 Å². The van der Waals surface area contributed by atoms with Gasteiger partial charge in [-0.3, -0.25) is 9.69 Å². The molecule has 18 heavy (non-hydrogen) atoms. The first-order valence-electron chi connectivity index (χ1n) is 6.71. The normalized spacial score (nSPS) is 19.7. The van der Waals surface area contributed by atoms with Crippen LogP contribution in [0.15, 0.2) is 22.8 Å². The highest BCUT2D eigenvalue weighted by Crippen LogP contribution is 2.18. The van der Waals surface area contributed by atoms with E-state index in [9.17, 15) is 4.79 Å². The number of piperidine rings is 1. The summed E-state index contributed by atoms with van der Waals surface area (Å²) in [5, 5.41) is 2.92. The molecule has 0 radical (unpaired) electrons. The Balaban J connectivity index is 1.77. The number of nitrogens with one attached hydrogen (secondary N) is 1. The van der Waals surface area contributed by atoms with E-state index >= 15 is 0 Å². The van der Waals surface area contributed by atoms with Gasteiger partial charge in [0.15, 0.2) is 0 Å². The molecule has 0 unspecified atom stereocenters. The maximum Gasteiger partial charge on any atom is 0.237 e. The Hall–Kier alpha value is -1.29. The molecule has 1 aliphatic heterocycles. The summed E-state index contributed by atoms with van der Waals surface area (Å²) < 4.78 is 5.19. The zero-order valence-corrected chi connectivity index (χ0v) is 11.2. The van der Waals surface area contributed by atoms with Gasteiger partial charge >= 0.3 is 0 Å². The van der Waals surface area contributed by atoms with Crippen molar-refractivity contribution in [1.82, 2.24) is 10.2 Å². The molecule has 1 N–H and O–H groups in total. The summed E-state index contributed by atoms with van der Waals surface area (Å²) in [4.78, 5) is 14.3. The minimum Gasteiger partial charge on any atom is -0.467 e. The molecular weight excluding hydrogens is 228 g/mol. The lowest BCUT2D eigenvalue weighted by Gasteiger charge is -2.34. The molecule has 1 aromatic rings. The molecule has 100 valence electrons. The van der Waals surface area contributed by atoms with Crippen molar-refractivity contribution in [1.29, 1.82) is 0 Å². The van der Waals surface area contributed by atoms with Crippen LogP contribution >= 0.6 is 0 Å². The van der Waals surface area contributed by atoms with E-state index in [2.05, 4.69) is 17.1 Å². The van der Waals surface area contributed by atoms with Crippen LogP contribution in [0.1, 0.15) is 32.4 Å². The monoisotopic (exact) mass is 250 g/mol. The number of carbonyl (C=O) groups is 1. The molecule has 0 saturated carbocycles. The van der Waals surface area contributed by atoms with E-state index in [1.54, 1.807) is 6.26 Å². The number of carbonyl (C=O) groups excluding carboxylic acids is 1. The summed E-state index contributed by atoms with van der Waals surface area (Å²) in [5.41, 5.74) is 0. The highest BCUT2D eigenvalue weighted by Gasteiger charge is 2.24. The summed E-state index contributed by atoms with van der Waals surface area (Å²) in [7, 11) is 0. The van der Waals surface area contributed by atoms with Crippen molar-refractivity contribution in [3.05, 3.63) is 24.2 Å². The minimum atomic E-state index is -0.0486. The van der Waals surface area contributed by atoms with Gasteiger partial charge in [0.25, 0.3) is 0 Å². The van der Waals surface area contributed by atoms with Crippen molar-refractivity contribution in [2.45, 2.75) is 39.3 Å². The van der Waals surface area contributed by atoms with Crippen molar-refractivity contribution in [3.8, 4) is 0 Å². The number of nitrogens with zero attached hydrogens (tertiary/aromatic N) is 1. The quantitative estimate of drug-likeness (QED) is 0.889. The predicted molar refractivity (Wildman–Crippen MR) is 70.0 cm³/mol. The molecule has 0 bridgehead atoms. The van der Waals surface area contributed by atoms with Crippen LogP contribution in [0.4, 0.5) is 0 Å². The molecule has 1 fully saturated rings. The first-order chi connectivity index (χ1) is 8.66. The van der Waals surface area contributed by atoms with Crippen LogP contribution < -0.4 is 5.32 Å². The summed E-state index contributed by atoms with van der Waals surface area (Å²) >= 11 is 0. The van der Waals surface area contributed by atoms with Crippen molar-refractivity contribution < 1.29 is 9.21 Å². The topological polar surface area (TPSA) is 45.5 Å². The van der Waals surface area contributed by atoms with Crippen LogP contribution in [-0.2, 0) is 11.3 Å². The van der Waals surface area contributed by atoms with Gasteiger partial charge in [-0.25, -0.2) is 0 Å². The SMILES string of the molecule is CC1CCN([C@@H](C)C(=O)NCc2ccco2)CC1. The van der Waals surface area contributed by atoms with Gasteiger partial charge in [-0.15, -0.1) is 0 Å². The Kier molecular flexibility index (Phi) is 4.42. The van der Waals surface area contributed by atoms with Crippen LogP contribution in [-0.4, -0.2) is 29.9 Å². The Morgan fingerprint density at radius 3 is 2.89 bits per heavy atom. The fraction of sp³-hybridized carbons (Fsp3) is 0.643. The molecule has 2 heterocycles. The molecule has 2 rings (SSSR count). The van der Waals surface area contributed by atoms with E-state index < -0.39 is 0 Å². The second-order valence-corrected chi connectivity index (χ2v) is 5.19. The fourth-order valence-corrected chi connectivity index (χ4v) is 2.32. The second-order valence-electron chi connectivity index (χ2n) is 5.19. The van der Waals surface area contributed by atoms with E-state index in [0.29, 0.717) is 6.54 Å². The summed E-state index contributed by atoms with van der Waals surface area (Å²) in [5.74, 6) is 1.67. The summed E-state index contributed by atoms with van der Waals surface area (Å²) in [6.45, 7) is 6.78. The second kappa shape index (κ2) is 6.05. The molecule has 0 spiro atoms. The standard InChI is InChI=1S/C14H22N2O2/c1-11-5-7-16(8-6-11)12(2)14(17)15-10-13-4-3-9-18-13/h3-4,9,11-12H,5-8,10H2,1-2H3,(H,15,17)/t12-/m0/s1. The van der Waals surface area contributed by atoms with Gasteiger partial charge in [0.2, 0.25) is 5.91 Å².